The minimum Gasteiger partial charge on any atom is -0.495 e. The Balaban J connectivity index is 0.00000400. The molecule has 0 saturated heterocycles. The van der Waals surface area contributed by atoms with Crippen molar-refractivity contribution in [2.45, 2.75) is 16.3 Å². The zero-order valence-electron chi connectivity index (χ0n) is 10.9. The first-order chi connectivity index (χ1) is 9.24. The SMILES string of the molecule is COc1c(Cl)cccc1C[C@@H](N)C(=O)OCC(Cl)(Cl)Cl.Cl. The molecule has 9 heteroatoms. The second kappa shape index (κ2) is 9.13. The zero-order valence-corrected chi connectivity index (χ0v) is 14.8. The number of methoxy groups -OCH3 is 1. The summed E-state index contributed by atoms with van der Waals surface area (Å²) in [6.45, 7) is -0.364. The van der Waals surface area contributed by atoms with Crippen LogP contribution in [0.3, 0.4) is 0 Å². The van der Waals surface area contributed by atoms with Crippen molar-refractivity contribution in [2.75, 3.05) is 13.7 Å². The van der Waals surface area contributed by atoms with Crippen LogP contribution in [0, 0.1) is 0 Å². The highest BCUT2D eigenvalue weighted by atomic mass is 35.6. The van der Waals surface area contributed by atoms with E-state index in [0.717, 1.165) is 0 Å². The highest BCUT2D eigenvalue weighted by Gasteiger charge is 2.25. The van der Waals surface area contributed by atoms with Crippen LogP contribution in [0.5, 0.6) is 5.75 Å². The quantitative estimate of drug-likeness (QED) is 0.610. The maximum Gasteiger partial charge on any atom is 0.323 e. The Kier molecular flexibility index (Phi) is 9.09. The predicted molar refractivity (Wildman–Crippen MR) is 88.2 cm³/mol. The fraction of sp³-hybridized carbons (Fsp3) is 0.417. The number of ether oxygens (including phenoxy) is 2. The Morgan fingerprint density at radius 1 is 1.38 bits per heavy atom. The molecule has 0 amide bonds. The molecule has 0 aromatic heterocycles. The molecular formula is C12H14Cl5NO3. The van der Waals surface area contributed by atoms with Crippen LogP contribution < -0.4 is 10.5 Å². The molecule has 0 spiro atoms. The molecule has 2 N–H and O–H groups in total. The molecule has 0 aliphatic heterocycles. The van der Waals surface area contributed by atoms with Gasteiger partial charge in [0.05, 0.1) is 12.1 Å². The number of alkyl halides is 3. The van der Waals surface area contributed by atoms with E-state index in [0.29, 0.717) is 16.3 Å². The second-order valence-electron chi connectivity index (χ2n) is 3.97. The van der Waals surface area contributed by atoms with Crippen LogP contribution in [-0.2, 0) is 16.0 Å². The number of benzene rings is 1. The van der Waals surface area contributed by atoms with Crippen molar-refractivity contribution in [3.63, 3.8) is 0 Å². The summed E-state index contributed by atoms with van der Waals surface area (Å²) < 4.78 is 8.32. The van der Waals surface area contributed by atoms with Gasteiger partial charge in [-0.15, -0.1) is 12.4 Å². The second-order valence-corrected chi connectivity index (χ2v) is 6.89. The van der Waals surface area contributed by atoms with E-state index in [9.17, 15) is 4.79 Å². The summed E-state index contributed by atoms with van der Waals surface area (Å²) in [7, 11) is 1.48. The van der Waals surface area contributed by atoms with Crippen molar-refractivity contribution >= 4 is 64.8 Å². The van der Waals surface area contributed by atoms with Gasteiger partial charge in [0, 0.05) is 6.42 Å². The van der Waals surface area contributed by atoms with E-state index >= 15 is 0 Å². The van der Waals surface area contributed by atoms with Crippen molar-refractivity contribution in [1.82, 2.24) is 0 Å². The molecule has 0 saturated carbocycles. The Morgan fingerprint density at radius 3 is 2.52 bits per heavy atom. The van der Waals surface area contributed by atoms with Crippen LogP contribution in [-0.4, -0.2) is 29.5 Å². The monoisotopic (exact) mass is 395 g/mol. The van der Waals surface area contributed by atoms with Crippen LogP contribution in [0.1, 0.15) is 5.56 Å². The number of rotatable bonds is 5. The Labute approximate surface area is 149 Å². The van der Waals surface area contributed by atoms with Gasteiger partial charge < -0.3 is 15.2 Å². The van der Waals surface area contributed by atoms with Gasteiger partial charge in [0.2, 0.25) is 3.79 Å². The molecule has 1 atom stereocenters. The number of para-hydroxylation sites is 1. The van der Waals surface area contributed by atoms with Gasteiger partial charge in [-0.05, 0) is 11.6 Å². The summed E-state index contributed by atoms with van der Waals surface area (Å²) in [6.07, 6.45) is 0.197. The number of nitrogens with two attached hydrogens (primary N) is 1. The average Bonchev–Trinajstić information content (AvgIpc) is 2.35. The van der Waals surface area contributed by atoms with Crippen LogP contribution in [0.15, 0.2) is 18.2 Å². The number of hydrogen-bond donors (Lipinski definition) is 1. The van der Waals surface area contributed by atoms with Crippen molar-refractivity contribution in [2.24, 2.45) is 5.73 Å². The van der Waals surface area contributed by atoms with Gasteiger partial charge in [0.1, 0.15) is 18.4 Å². The molecule has 1 aromatic rings. The maximum atomic E-state index is 11.7. The van der Waals surface area contributed by atoms with Gasteiger partial charge >= 0.3 is 5.97 Å². The highest BCUT2D eigenvalue weighted by molar-refractivity contribution is 6.67. The molecule has 120 valence electrons. The fourth-order valence-corrected chi connectivity index (χ4v) is 1.96. The molecule has 1 aromatic carbocycles. The molecule has 21 heavy (non-hydrogen) atoms. The van der Waals surface area contributed by atoms with Gasteiger partial charge in [-0.1, -0.05) is 58.5 Å². The van der Waals surface area contributed by atoms with Crippen LogP contribution in [0.25, 0.3) is 0 Å². The lowest BCUT2D eigenvalue weighted by Crippen LogP contribution is -2.36. The van der Waals surface area contributed by atoms with Crippen molar-refractivity contribution in [1.29, 1.82) is 0 Å². The van der Waals surface area contributed by atoms with Crippen molar-refractivity contribution in [3.05, 3.63) is 28.8 Å². The Bertz CT molecular complexity index is 478. The first kappa shape index (κ1) is 20.9. The smallest absolute Gasteiger partial charge is 0.323 e. The molecule has 0 bridgehead atoms. The van der Waals surface area contributed by atoms with Crippen molar-refractivity contribution in [3.8, 4) is 5.75 Å². The average molecular weight is 398 g/mol. The third kappa shape index (κ3) is 7.13. The molecule has 0 radical (unpaired) electrons. The molecule has 0 aliphatic carbocycles. The summed E-state index contributed by atoms with van der Waals surface area (Å²) in [5.74, 6) is -0.197. The summed E-state index contributed by atoms with van der Waals surface area (Å²) >= 11 is 22.4. The Morgan fingerprint density at radius 2 is 2.00 bits per heavy atom. The van der Waals surface area contributed by atoms with E-state index < -0.39 is 15.8 Å². The van der Waals surface area contributed by atoms with E-state index in [1.54, 1.807) is 18.2 Å². The normalized spacial score (nSPS) is 12.3. The largest absolute Gasteiger partial charge is 0.495 e. The predicted octanol–water partition coefficient (Wildman–Crippen LogP) is 3.55. The van der Waals surface area contributed by atoms with E-state index in [1.807, 2.05) is 0 Å². The number of carbonyl (C=O) groups excluding carboxylic acids is 1. The van der Waals surface area contributed by atoms with Gasteiger partial charge in [0.25, 0.3) is 0 Å². The minimum absolute atomic E-state index is 0. The maximum absolute atomic E-state index is 11.7. The molecule has 0 fully saturated rings. The first-order valence-electron chi connectivity index (χ1n) is 5.55. The molecule has 0 unspecified atom stereocenters. The summed E-state index contributed by atoms with van der Waals surface area (Å²) in [5, 5.41) is 0.437. The standard InChI is InChI=1S/C12H13Cl4NO3.ClH/c1-19-10-7(3-2-4-8(10)13)5-9(17)11(18)20-6-12(14,15)16;/h2-4,9H,5-6,17H2,1H3;1H/t9-;/m1./s1. The number of esters is 1. The van der Waals surface area contributed by atoms with E-state index in [1.165, 1.54) is 7.11 Å². The van der Waals surface area contributed by atoms with Crippen LogP contribution in [0.4, 0.5) is 0 Å². The zero-order chi connectivity index (χ0) is 15.3. The number of hydrogen-bond acceptors (Lipinski definition) is 4. The third-order valence-corrected chi connectivity index (χ3v) is 3.00. The van der Waals surface area contributed by atoms with Crippen molar-refractivity contribution < 1.29 is 14.3 Å². The van der Waals surface area contributed by atoms with Gasteiger partial charge in [-0.2, -0.15) is 0 Å². The minimum atomic E-state index is -1.66. The lowest BCUT2D eigenvalue weighted by molar-refractivity contribution is -0.145. The molecule has 0 heterocycles. The number of halogens is 5. The van der Waals surface area contributed by atoms with Crippen LogP contribution >= 0.6 is 58.8 Å². The third-order valence-electron chi connectivity index (χ3n) is 2.37. The summed E-state index contributed by atoms with van der Waals surface area (Å²) in [4.78, 5) is 11.7. The topological polar surface area (TPSA) is 61.5 Å². The number of carbonyl (C=O) groups is 1. The molecule has 1 rings (SSSR count). The van der Waals surface area contributed by atoms with Gasteiger partial charge in [-0.25, -0.2) is 0 Å². The van der Waals surface area contributed by atoms with E-state index in [4.69, 9.17) is 61.6 Å². The van der Waals surface area contributed by atoms with Gasteiger partial charge in [-0.3, -0.25) is 4.79 Å². The highest BCUT2D eigenvalue weighted by Crippen LogP contribution is 2.29. The van der Waals surface area contributed by atoms with E-state index in [2.05, 4.69) is 0 Å². The van der Waals surface area contributed by atoms with Gasteiger partial charge in [0.15, 0.2) is 0 Å². The van der Waals surface area contributed by atoms with Crippen LogP contribution in [0.2, 0.25) is 5.02 Å². The summed E-state index contributed by atoms with van der Waals surface area (Å²) in [5.41, 5.74) is 6.44. The fourth-order valence-electron chi connectivity index (χ4n) is 1.52. The molecule has 0 aliphatic rings. The molecule has 4 nitrogen and oxygen atoms in total. The Hall–Kier alpha value is -0.100. The lowest BCUT2D eigenvalue weighted by atomic mass is 10.1. The summed E-state index contributed by atoms with van der Waals surface area (Å²) in [6, 6.07) is 4.26. The first-order valence-corrected chi connectivity index (χ1v) is 7.06. The molecular weight excluding hydrogens is 383 g/mol. The lowest BCUT2D eigenvalue weighted by Gasteiger charge is -2.16. The van der Waals surface area contributed by atoms with E-state index in [-0.39, 0.29) is 25.4 Å².